The third-order valence-electron chi connectivity index (χ3n) is 3.10. The molecular weight excluding hydrogens is 258 g/mol. The molecule has 0 unspecified atom stereocenters. The smallest absolute Gasteiger partial charge is 0.143 e. The van der Waals surface area contributed by atoms with Crippen LogP contribution >= 0.6 is 11.3 Å². The normalized spacial score (nSPS) is 10.5. The van der Waals surface area contributed by atoms with E-state index in [2.05, 4.69) is 4.98 Å². The average Bonchev–Trinajstić information content (AvgIpc) is 2.86. The van der Waals surface area contributed by atoms with Crippen molar-refractivity contribution in [2.45, 2.75) is 26.7 Å². The molecule has 3 nitrogen and oxygen atoms in total. The lowest BCUT2D eigenvalue weighted by Crippen LogP contribution is -2.09. The quantitative estimate of drug-likeness (QED) is 0.841. The largest absolute Gasteiger partial charge is 0.496 e. The highest BCUT2D eigenvalue weighted by Gasteiger charge is 2.13. The zero-order chi connectivity index (χ0) is 13.8. The number of aromatic nitrogens is 1. The van der Waals surface area contributed by atoms with Crippen LogP contribution in [0, 0.1) is 13.8 Å². The van der Waals surface area contributed by atoms with E-state index >= 15 is 0 Å². The second-order valence-electron chi connectivity index (χ2n) is 4.57. The van der Waals surface area contributed by atoms with E-state index in [1.165, 1.54) is 0 Å². The zero-order valence-electron chi connectivity index (χ0n) is 11.4. The summed E-state index contributed by atoms with van der Waals surface area (Å²) in [7, 11) is 1.65. The Kier molecular flexibility index (Phi) is 4.32. The van der Waals surface area contributed by atoms with Gasteiger partial charge in [0.2, 0.25) is 0 Å². The van der Waals surface area contributed by atoms with Gasteiger partial charge in [0.05, 0.1) is 12.8 Å². The van der Waals surface area contributed by atoms with Crippen LogP contribution in [0.5, 0.6) is 5.75 Å². The summed E-state index contributed by atoms with van der Waals surface area (Å²) in [5, 5.41) is 3.99. The van der Waals surface area contributed by atoms with Gasteiger partial charge < -0.3 is 4.74 Å². The first kappa shape index (κ1) is 13.7. The highest BCUT2D eigenvalue weighted by molar-refractivity contribution is 7.07. The molecule has 2 rings (SSSR count). The highest BCUT2D eigenvalue weighted by atomic mass is 32.1. The van der Waals surface area contributed by atoms with Crippen LogP contribution in [0.3, 0.4) is 0 Å². The number of methoxy groups -OCH3 is 1. The minimum Gasteiger partial charge on any atom is -0.496 e. The van der Waals surface area contributed by atoms with Gasteiger partial charge in [0, 0.05) is 30.2 Å². The van der Waals surface area contributed by atoms with Crippen LogP contribution in [0.15, 0.2) is 23.0 Å². The Bertz CT molecular complexity index is 576. The standard InChI is InChI=1S/C15H17NO2S/c1-10-8-16-14(11(2)15(10)18-3)7-13(17)6-12-4-5-19-9-12/h4-5,8-9H,6-7H2,1-3H3. The summed E-state index contributed by atoms with van der Waals surface area (Å²) >= 11 is 1.61. The summed E-state index contributed by atoms with van der Waals surface area (Å²) in [5.74, 6) is 1.01. The fraction of sp³-hybridized carbons (Fsp3) is 0.333. The van der Waals surface area contributed by atoms with E-state index in [-0.39, 0.29) is 5.78 Å². The Morgan fingerprint density at radius 2 is 2.16 bits per heavy atom. The maximum Gasteiger partial charge on any atom is 0.143 e. The molecule has 0 saturated carbocycles. The lowest BCUT2D eigenvalue weighted by Gasteiger charge is -2.11. The van der Waals surface area contributed by atoms with Crippen molar-refractivity contribution in [2.75, 3.05) is 7.11 Å². The number of carbonyl (C=O) groups excluding carboxylic acids is 1. The molecule has 0 amide bonds. The van der Waals surface area contributed by atoms with E-state index in [0.29, 0.717) is 12.8 Å². The molecule has 0 fully saturated rings. The number of pyridine rings is 1. The molecular formula is C15H17NO2S. The van der Waals surface area contributed by atoms with Crippen LogP contribution < -0.4 is 4.74 Å². The number of carbonyl (C=O) groups is 1. The van der Waals surface area contributed by atoms with Crippen molar-refractivity contribution in [3.63, 3.8) is 0 Å². The van der Waals surface area contributed by atoms with E-state index in [9.17, 15) is 4.79 Å². The van der Waals surface area contributed by atoms with E-state index in [1.54, 1.807) is 24.6 Å². The number of rotatable bonds is 5. The molecule has 100 valence electrons. The van der Waals surface area contributed by atoms with Crippen LogP contribution in [0.25, 0.3) is 0 Å². The summed E-state index contributed by atoms with van der Waals surface area (Å²) in [6.07, 6.45) is 2.60. The highest BCUT2D eigenvalue weighted by Crippen LogP contribution is 2.24. The van der Waals surface area contributed by atoms with E-state index in [0.717, 1.165) is 28.1 Å². The molecule has 0 bridgehead atoms. The van der Waals surface area contributed by atoms with Crippen LogP contribution in [0.1, 0.15) is 22.4 Å². The van der Waals surface area contributed by atoms with Gasteiger partial charge in [0.15, 0.2) is 0 Å². The number of hydrogen-bond donors (Lipinski definition) is 0. The summed E-state index contributed by atoms with van der Waals surface area (Å²) in [5.41, 5.74) is 3.84. The van der Waals surface area contributed by atoms with Crippen molar-refractivity contribution in [1.29, 1.82) is 0 Å². The monoisotopic (exact) mass is 275 g/mol. The maximum atomic E-state index is 12.0. The Balaban J connectivity index is 2.13. The Hall–Kier alpha value is -1.68. The molecule has 0 aromatic carbocycles. The summed E-state index contributed by atoms with van der Waals surface area (Å²) in [6.45, 7) is 3.90. The first-order valence-electron chi connectivity index (χ1n) is 6.13. The second kappa shape index (κ2) is 5.97. The number of aryl methyl sites for hydroxylation is 1. The van der Waals surface area contributed by atoms with Crippen LogP contribution in [-0.4, -0.2) is 17.9 Å². The first-order valence-corrected chi connectivity index (χ1v) is 7.08. The number of nitrogens with zero attached hydrogens (tertiary/aromatic N) is 1. The fourth-order valence-corrected chi connectivity index (χ4v) is 2.79. The minimum absolute atomic E-state index is 0.180. The molecule has 0 aliphatic heterocycles. The summed E-state index contributed by atoms with van der Waals surface area (Å²) in [6, 6.07) is 1.98. The molecule has 2 aromatic heterocycles. The van der Waals surface area contributed by atoms with Crippen molar-refractivity contribution in [3.8, 4) is 5.75 Å². The van der Waals surface area contributed by atoms with Gasteiger partial charge in [-0.3, -0.25) is 9.78 Å². The minimum atomic E-state index is 0.180. The van der Waals surface area contributed by atoms with Crippen molar-refractivity contribution >= 4 is 17.1 Å². The molecule has 0 N–H and O–H groups in total. The third-order valence-corrected chi connectivity index (χ3v) is 3.83. The van der Waals surface area contributed by atoms with E-state index < -0.39 is 0 Å². The first-order chi connectivity index (χ1) is 9.11. The Morgan fingerprint density at radius 3 is 2.79 bits per heavy atom. The molecule has 0 atom stereocenters. The molecule has 0 radical (unpaired) electrons. The SMILES string of the molecule is COc1c(C)cnc(CC(=O)Cc2ccsc2)c1C. The van der Waals surface area contributed by atoms with Gasteiger partial charge in [-0.2, -0.15) is 11.3 Å². The number of Topliss-reactive ketones (excluding diaryl/α,β-unsaturated/α-hetero) is 1. The average molecular weight is 275 g/mol. The van der Waals surface area contributed by atoms with Gasteiger partial charge in [-0.05, 0) is 36.2 Å². The second-order valence-corrected chi connectivity index (χ2v) is 5.35. The molecule has 0 aliphatic rings. The molecule has 0 saturated heterocycles. The lowest BCUT2D eigenvalue weighted by molar-refractivity contribution is -0.117. The predicted molar refractivity (Wildman–Crippen MR) is 77.0 cm³/mol. The van der Waals surface area contributed by atoms with Crippen molar-refractivity contribution in [2.24, 2.45) is 0 Å². The van der Waals surface area contributed by atoms with Gasteiger partial charge in [-0.15, -0.1) is 0 Å². The molecule has 19 heavy (non-hydrogen) atoms. The van der Waals surface area contributed by atoms with Gasteiger partial charge in [-0.1, -0.05) is 0 Å². The van der Waals surface area contributed by atoms with E-state index in [4.69, 9.17) is 4.74 Å². The number of ketones is 1. The fourth-order valence-electron chi connectivity index (χ4n) is 2.12. The topological polar surface area (TPSA) is 39.2 Å². The van der Waals surface area contributed by atoms with E-state index in [1.807, 2.05) is 30.7 Å². The molecule has 2 heterocycles. The van der Waals surface area contributed by atoms with Crippen LogP contribution in [0.4, 0.5) is 0 Å². The van der Waals surface area contributed by atoms with Gasteiger partial charge >= 0.3 is 0 Å². The lowest BCUT2D eigenvalue weighted by atomic mass is 10.0. The van der Waals surface area contributed by atoms with Crippen molar-refractivity contribution in [3.05, 3.63) is 45.4 Å². The van der Waals surface area contributed by atoms with Crippen LogP contribution in [0.2, 0.25) is 0 Å². The number of ether oxygens (including phenoxy) is 1. The third kappa shape index (κ3) is 3.20. The Labute approximate surface area is 117 Å². The van der Waals surface area contributed by atoms with Crippen molar-refractivity contribution < 1.29 is 9.53 Å². The Morgan fingerprint density at radius 1 is 1.37 bits per heavy atom. The summed E-state index contributed by atoms with van der Waals surface area (Å²) < 4.78 is 5.35. The number of hydrogen-bond acceptors (Lipinski definition) is 4. The molecule has 0 spiro atoms. The van der Waals surface area contributed by atoms with Gasteiger partial charge in [0.1, 0.15) is 11.5 Å². The zero-order valence-corrected chi connectivity index (χ0v) is 12.2. The summed E-state index contributed by atoms with van der Waals surface area (Å²) in [4.78, 5) is 16.4. The van der Waals surface area contributed by atoms with Gasteiger partial charge in [-0.25, -0.2) is 0 Å². The molecule has 0 aliphatic carbocycles. The van der Waals surface area contributed by atoms with Crippen molar-refractivity contribution in [1.82, 2.24) is 4.98 Å². The maximum absolute atomic E-state index is 12.0. The molecule has 2 aromatic rings. The molecule has 4 heteroatoms. The van der Waals surface area contributed by atoms with Gasteiger partial charge in [0.25, 0.3) is 0 Å². The van der Waals surface area contributed by atoms with Crippen LogP contribution in [-0.2, 0) is 17.6 Å². The predicted octanol–water partition coefficient (Wildman–Crippen LogP) is 3.12. The number of thiophene rings is 1.